The van der Waals surface area contributed by atoms with E-state index in [0.29, 0.717) is 6.04 Å². The van der Waals surface area contributed by atoms with Crippen LogP contribution in [0.3, 0.4) is 0 Å². The van der Waals surface area contributed by atoms with Gasteiger partial charge in [0.2, 0.25) is 0 Å². The Kier molecular flexibility index (Phi) is 3.04. The van der Waals surface area contributed by atoms with Gasteiger partial charge in [0.05, 0.1) is 0 Å². The number of nitrogens with two attached hydrogens (primary N) is 1. The molecule has 0 aliphatic heterocycles. The molecule has 1 aliphatic rings. The highest BCUT2D eigenvalue weighted by Crippen LogP contribution is 2.52. The molecule has 0 aromatic carbocycles. The average Bonchev–Trinajstić information content (AvgIpc) is 2.25. The molecule has 0 spiro atoms. The van der Waals surface area contributed by atoms with Crippen LogP contribution in [0.5, 0.6) is 0 Å². The van der Waals surface area contributed by atoms with Gasteiger partial charge >= 0.3 is 0 Å². The summed E-state index contributed by atoms with van der Waals surface area (Å²) in [7, 11) is 0. The Morgan fingerprint density at radius 1 is 1.46 bits per heavy atom. The van der Waals surface area contributed by atoms with Gasteiger partial charge in [-0.3, -0.25) is 0 Å². The van der Waals surface area contributed by atoms with Gasteiger partial charge in [-0.25, -0.2) is 0 Å². The monoisotopic (exact) mass is 201 g/mol. The minimum absolute atomic E-state index is 0.246. The van der Waals surface area contributed by atoms with Crippen molar-refractivity contribution in [3.63, 3.8) is 0 Å². The molecule has 2 unspecified atom stereocenters. The summed E-state index contributed by atoms with van der Waals surface area (Å²) in [6.45, 7) is 9.18. The van der Waals surface area contributed by atoms with Gasteiger partial charge in [-0.2, -0.15) is 12.6 Å². The van der Waals surface area contributed by atoms with Crippen molar-refractivity contribution in [2.45, 2.75) is 46.6 Å². The zero-order chi connectivity index (χ0) is 10.3. The number of hydrogen-bond donors (Lipinski definition) is 2. The first-order chi connectivity index (χ1) is 5.83. The molecule has 1 aliphatic carbocycles. The third kappa shape index (κ3) is 1.75. The second-order valence-electron chi connectivity index (χ2n) is 5.72. The van der Waals surface area contributed by atoms with Crippen molar-refractivity contribution < 1.29 is 0 Å². The van der Waals surface area contributed by atoms with Crippen LogP contribution in [0.1, 0.15) is 40.5 Å². The lowest BCUT2D eigenvalue weighted by Gasteiger charge is -2.44. The maximum Gasteiger partial charge on any atom is 0.0111 e. The van der Waals surface area contributed by atoms with Crippen LogP contribution in [0.4, 0.5) is 0 Å². The fraction of sp³-hybridized carbons (Fsp3) is 1.00. The van der Waals surface area contributed by atoms with Crippen LogP contribution in [0.15, 0.2) is 0 Å². The second kappa shape index (κ2) is 3.47. The van der Waals surface area contributed by atoms with Crippen molar-refractivity contribution in [2.24, 2.45) is 22.5 Å². The Hall–Kier alpha value is 0.310. The molecule has 1 nitrogen and oxygen atoms in total. The average molecular weight is 201 g/mol. The summed E-state index contributed by atoms with van der Waals surface area (Å²) >= 11 is 4.51. The molecular weight excluding hydrogens is 178 g/mol. The predicted octanol–water partition coefficient (Wildman–Crippen LogP) is 2.71. The van der Waals surface area contributed by atoms with Crippen molar-refractivity contribution in [2.75, 3.05) is 5.75 Å². The van der Waals surface area contributed by atoms with Crippen molar-refractivity contribution in [1.29, 1.82) is 0 Å². The highest BCUT2D eigenvalue weighted by Gasteiger charge is 2.50. The van der Waals surface area contributed by atoms with E-state index in [0.717, 1.165) is 18.1 Å². The molecule has 0 aromatic rings. The van der Waals surface area contributed by atoms with Crippen LogP contribution in [0.25, 0.3) is 0 Å². The topological polar surface area (TPSA) is 26.0 Å². The van der Waals surface area contributed by atoms with Crippen LogP contribution >= 0.6 is 12.6 Å². The third-order valence-corrected chi connectivity index (χ3v) is 4.42. The smallest absolute Gasteiger partial charge is 0.0111 e. The summed E-state index contributed by atoms with van der Waals surface area (Å²) in [5.41, 5.74) is 6.77. The summed E-state index contributed by atoms with van der Waals surface area (Å²) < 4.78 is 0. The number of rotatable bonds is 1. The van der Waals surface area contributed by atoms with Crippen molar-refractivity contribution in [3.05, 3.63) is 0 Å². The summed E-state index contributed by atoms with van der Waals surface area (Å²) in [5.74, 6) is 1.68. The van der Waals surface area contributed by atoms with Gasteiger partial charge in [0.1, 0.15) is 0 Å². The SMILES string of the molecule is CC1C[C@@H](N)C(CS)(C(C)(C)C)C1. The Labute approximate surface area is 87.9 Å². The molecule has 3 atom stereocenters. The highest BCUT2D eigenvalue weighted by molar-refractivity contribution is 7.80. The Bertz CT molecular complexity index is 185. The van der Waals surface area contributed by atoms with Crippen molar-refractivity contribution >= 4 is 12.6 Å². The molecule has 1 fully saturated rings. The van der Waals surface area contributed by atoms with E-state index in [-0.39, 0.29) is 10.8 Å². The van der Waals surface area contributed by atoms with Crippen molar-refractivity contribution in [3.8, 4) is 0 Å². The van der Waals surface area contributed by atoms with E-state index in [1.54, 1.807) is 0 Å². The van der Waals surface area contributed by atoms with Crippen molar-refractivity contribution in [1.82, 2.24) is 0 Å². The summed E-state index contributed by atoms with van der Waals surface area (Å²) in [5, 5.41) is 0. The minimum Gasteiger partial charge on any atom is -0.327 e. The van der Waals surface area contributed by atoms with E-state index in [1.807, 2.05) is 0 Å². The molecule has 0 amide bonds. The van der Waals surface area contributed by atoms with Gasteiger partial charge in [0.15, 0.2) is 0 Å². The molecule has 0 aromatic heterocycles. The van der Waals surface area contributed by atoms with E-state index in [2.05, 4.69) is 40.3 Å². The predicted molar refractivity (Wildman–Crippen MR) is 62.1 cm³/mol. The Morgan fingerprint density at radius 3 is 2.15 bits per heavy atom. The van der Waals surface area contributed by atoms with E-state index in [4.69, 9.17) is 5.73 Å². The summed E-state index contributed by atoms with van der Waals surface area (Å²) in [4.78, 5) is 0. The first-order valence-corrected chi connectivity index (χ1v) is 5.83. The highest BCUT2D eigenvalue weighted by atomic mass is 32.1. The molecule has 2 heteroatoms. The van der Waals surface area contributed by atoms with Gasteiger partial charge in [0.25, 0.3) is 0 Å². The quantitative estimate of drug-likeness (QED) is 0.627. The summed E-state index contributed by atoms with van der Waals surface area (Å²) in [6.07, 6.45) is 2.40. The minimum atomic E-state index is 0.246. The fourth-order valence-corrected chi connectivity index (χ4v) is 3.63. The zero-order valence-corrected chi connectivity index (χ0v) is 10.2. The van der Waals surface area contributed by atoms with E-state index in [1.165, 1.54) is 6.42 Å². The van der Waals surface area contributed by atoms with Crippen LogP contribution in [-0.4, -0.2) is 11.8 Å². The van der Waals surface area contributed by atoms with Gasteiger partial charge < -0.3 is 5.73 Å². The molecule has 0 saturated heterocycles. The van der Waals surface area contributed by atoms with Gasteiger partial charge in [-0.1, -0.05) is 27.7 Å². The van der Waals surface area contributed by atoms with Gasteiger partial charge in [-0.15, -0.1) is 0 Å². The van der Waals surface area contributed by atoms with Gasteiger partial charge in [0, 0.05) is 6.04 Å². The first kappa shape index (κ1) is 11.4. The largest absolute Gasteiger partial charge is 0.327 e. The van der Waals surface area contributed by atoms with Gasteiger partial charge in [-0.05, 0) is 35.3 Å². The molecule has 78 valence electrons. The lowest BCUT2D eigenvalue weighted by atomic mass is 9.64. The molecule has 13 heavy (non-hydrogen) atoms. The van der Waals surface area contributed by atoms with Crippen LogP contribution in [0.2, 0.25) is 0 Å². The normalized spacial score (nSPS) is 41.1. The number of hydrogen-bond acceptors (Lipinski definition) is 2. The molecule has 2 N–H and O–H groups in total. The molecule has 0 radical (unpaired) electrons. The second-order valence-corrected chi connectivity index (χ2v) is 6.03. The van der Waals surface area contributed by atoms with Crippen LogP contribution in [-0.2, 0) is 0 Å². The van der Waals surface area contributed by atoms with E-state index < -0.39 is 0 Å². The third-order valence-electron chi connectivity index (χ3n) is 3.85. The standard InChI is InChI=1S/C11H23NS/c1-8-5-9(12)11(6-8,7-13)10(2,3)4/h8-9,13H,5-7,12H2,1-4H3/t8?,9-,11?/m1/s1. The van der Waals surface area contributed by atoms with E-state index in [9.17, 15) is 0 Å². The maximum absolute atomic E-state index is 6.25. The molecule has 0 bridgehead atoms. The van der Waals surface area contributed by atoms with Crippen LogP contribution in [0, 0.1) is 16.7 Å². The number of thiol groups is 1. The lowest BCUT2D eigenvalue weighted by molar-refractivity contribution is 0.0998. The maximum atomic E-state index is 6.25. The van der Waals surface area contributed by atoms with E-state index >= 15 is 0 Å². The molecule has 1 saturated carbocycles. The zero-order valence-electron chi connectivity index (χ0n) is 9.30. The molecule has 0 heterocycles. The summed E-state index contributed by atoms with van der Waals surface area (Å²) in [6, 6.07) is 0.333. The molecular formula is C11H23NS. The fourth-order valence-electron chi connectivity index (χ4n) is 2.80. The Balaban J connectivity index is 2.94. The lowest BCUT2D eigenvalue weighted by Crippen LogP contribution is -2.48. The Morgan fingerprint density at radius 2 is 2.00 bits per heavy atom. The van der Waals surface area contributed by atoms with Crippen LogP contribution < -0.4 is 5.73 Å². The molecule has 1 rings (SSSR count). The first-order valence-electron chi connectivity index (χ1n) is 5.20.